The molecule has 3 amide bonds. The van der Waals surface area contributed by atoms with Gasteiger partial charge < -0.3 is 14.8 Å². The summed E-state index contributed by atoms with van der Waals surface area (Å²) in [5.74, 6) is -1.50. The van der Waals surface area contributed by atoms with Gasteiger partial charge in [-0.15, -0.1) is 0 Å². The van der Waals surface area contributed by atoms with Crippen molar-refractivity contribution in [3.8, 4) is 0 Å². The van der Waals surface area contributed by atoms with Gasteiger partial charge in [-0.1, -0.05) is 18.6 Å². The highest BCUT2D eigenvalue weighted by Crippen LogP contribution is 2.49. The Hall–Kier alpha value is -2.90. The smallest absolute Gasteiger partial charge is 0.407 e. The van der Waals surface area contributed by atoms with E-state index >= 15 is 0 Å². The third kappa shape index (κ3) is 5.54. The van der Waals surface area contributed by atoms with Gasteiger partial charge in [0.05, 0.1) is 24.2 Å². The summed E-state index contributed by atoms with van der Waals surface area (Å²) in [5.41, 5.74) is 0.0325. The van der Waals surface area contributed by atoms with Gasteiger partial charge in [0, 0.05) is 12.6 Å². The van der Waals surface area contributed by atoms with Gasteiger partial charge in [0.2, 0.25) is 0 Å². The van der Waals surface area contributed by atoms with Crippen LogP contribution in [0.15, 0.2) is 24.3 Å². The van der Waals surface area contributed by atoms with Gasteiger partial charge in [-0.05, 0) is 70.9 Å². The highest BCUT2D eigenvalue weighted by Gasteiger charge is 2.44. The van der Waals surface area contributed by atoms with Crippen molar-refractivity contribution in [2.75, 3.05) is 13.7 Å². The van der Waals surface area contributed by atoms with E-state index in [1.54, 1.807) is 52.0 Å². The van der Waals surface area contributed by atoms with E-state index < -0.39 is 29.6 Å². The molecule has 1 unspecified atom stereocenters. The number of methoxy groups -OCH3 is 1. The average molecular weight is 459 g/mol. The van der Waals surface area contributed by atoms with E-state index in [9.17, 15) is 19.2 Å². The van der Waals surface area contributed by atoms with E-state index in [-0.39, 0.29) is 17.2 Å². The molecule has 0 saturated heterocycles. The Kier molecular flexibility index (Phi) is 7.14. The number of fused-ring (bicyclic) bond motifs is 1. The molecule has 1 aromatic carbocycles. The summed E-state index contributed by atoms with van der Waals surface area (Å²) in [7, 11) is 1.34. The van der Waals surface area contributed by atoms with Crippen LogP contribution in [0.25, 0.3) is 0 Å². The zero-order valence-electron chi connectivity index (χ0n) is 20.1. The maximum absolute atomic E-state index is 12.7. The van der Waals surface area contributed by atoms with Gasteiger partial charge in [-0.25, -0.2) is 4.79 Å². The lowest BCUT2D eigenvalue weighted by Gasteiger charge is -2.45. The zero-order valence-corrected chi connectivity index (χ0v) is 20.1. The predicted molar refractivity (Wildman–Crippen MR) is 122 cm³/mol. The molecule has 2 aliphatic rings. The van der Waals surface area contributed by atoms with Crippen molar-refractivity contribution < 1.29 is 28.7 Å². The first kappa shape index (κ1) is 24.7. The number of hydrogen-bond acceptors (Lipinski definition) is 6. The van der Waals surface area contributed by atoms with Gasteiger partial charge in [0.1, 0.15) is 5.60 Å². The van der Waals surface area contributed by atoms with Crippen molar-refractivity contribution in [1.82, 2.24) is 10.2 Å². The molecule has 1 aromatic rings. The van der Waals surface area contributed by atoms with Crippen LogP contribution in [0, 0.1) is 11.3 Å². The Labute approximate surface area is 195 Å². The molecule has 0 radical (unpaired) electrons. The number of nitrogens with one attached hydrogen (secondary N) is 1. The Morgan fingerprint density at radius 1 is 1.12 bits per heavy atom. The molecule has 1 fully saturated rings. The standard InChI is InChI=1S/C25H34N2O6/c1-16(26-23(31)33-24(2,3)4)19(22(30)32-5)15-25(11-8-12-25)13-14-27-20(28)17-9-6-7-10-18(17)21(27)29/h6-7,9-10,16,19H,8,11-15H2,1-5H3,(H,26,31)/t16-,19?/m1/s1. The number of rotatable bonds is 8. The summed E-state index contributed by atoms with van der Waals surface area (Å²) in [4.78, 5) is 51.6. The van der Waals surface area contributed by atoms with Gasteiger partial charge in [0.25, 0.3) is 11.8 Å². The van der Waals surface area contributed by atoms with Crippen LogP contribution < -0.4 is 5.32 Å². The molecule has 8 nitrogen and oxygen atoms in total. The second-order valence-corrected chi connectivity index (χ2v) is 10.2. The molecule has 1 saturated carbocycles. The molecule has 0 aromatic heterocycles. The second-order valence-electron chi connectivity index (χ2n) is 10.2. The van der Waals surface area contributed by atoms with E-state index in [2.05, 4.69) is 5.32 Å². The largest absolute Gasteiger partial charge is 0.469 e. The van der Waals surface area contributed by atoms with Crippen molar-refractivity contribution in [3.63, 3.8) is 0 Å². The Morgan fingerprint density at radius 3 is 2.15 bits per heavy atom. The highest BCUT2D eigenvalue weighted by atomic mass is 16.6. The number of amides is 3. The molecule has 0 spiro atoms. The molecule has 1 aliphatic carbocycles. The van der Waals surface area contributed by atoms with E-state index in [0.29, 0.717) is 30.5 Å². The lowest BCUT2D eigenvalue weighted by atomic mass is 9.61. The molecule has 180 valence electrons. The first-order valence-corrected chi connectivity index (χ1v) is 11.5. The number of esters is 1. The molecule has 8 heteroatoms. The van der Waals surface area contributed by atoms with Crippen LogP contribution in [-0.4, -0.2) is 54.1 Å². The minimum absolute atomic E-state index is 0.196. The minimum atomic E-state index is -0.647. The third-order valence-corrected chi connectivity index (χ3v) is 6.66. The fourth-order valence-corrected chi connectivity index (χ4v) is 4.70. The minimum Gasteiger partial charge on any atom is -0.469 e. The first-order chi connectivity index (χ1) is 15.5. The maximum Gasteiger partial charge on any atom is 0.407 e. The Bertz CT molecular complexity index is 896. The van der Waals surface area contributed by atoms with Crippen molar-refractivity contribution in [2.45, 2.75) is 71.4 Å². The topological polar surface area (TPSA) is 102 Å². The average Bonchev–Trinajstić information content (AvgIpc) is 2.95. The van der Waals surface area contributed by atoms with Crippen molar-refractivity contribution in [2.24, 2.45) is 11.3 Å². The summed E-state index contributed by atoms with van der Waals surface area (Å²) in [6.07, 6.45) is 3.32. The fourth-order valence-electron chi connectivity index (χ4n) is 4.70. The summed E-state index contributed by atoms with van der Waals surface area (Å²) in [6.45, 7) is 7.39. The number of carbonyl (C=O) groups is 4. The number of alkyl carbamates (subject to hydrolysis) is 1. The first-order valence-electron chi connectivity index (χ1n) is 11.5. The lowest BCUT2D eigenvalue weighted by Crippen LogP contribution is -2.47. The molecule has 0 bridgehead atoms. The maximum atomic E-state index is 12.7. The SMILES string of the molecule is COC(=O)C(CC1(CCN2C(=O)c3ccccc3C2=O)CCC1)[C@@H](C)NC(=O)OC(C)(C)C. The lowest BCUT2D eigenvalue weighted by molar-refractivity contribution is -0.148. The molecule has 1 N–H and O–H groups in total. The molecule has 1 aliphatic heterocycles. The number of ether oxygens (including phenoxy) is 2. The summed E-state index contributed by atoms with van der Waals surface area (Å²) < 4.78 is 10.4. The van der Waals surface area contributed by atoms with Gasteiger partial charge in [-0.2, -0.15) is 0 Å². The number of imide groups is 1. The normalized spacial score (nSPS) is 18.8. The van der Waals surface area contributed by atoms with Gasteiger partial charge >= 0.3 is 12.1 Å². The van der Waals surface area contributed by atoms with Crippen molar-refractivity contribution >= 4 is 23.9 Å². The van der Waals surface area contributed by atoms with Gasteiger partial charge in [0.15, 0.2) is 0 Å². The summed E-state index contributed by atoms with van der Waals surface area (Å²) in [6, 6.07) is 6.35. The van der Waals surface area contributed by atoms with Crippen LogP contribution in [0.3, 0.4) is 0 Å². The number of carbonyl (C=O) groups excluding carboxylic acids is 4. The highest BCUT2D eigenvalue weighted by molar-refractivity contribution is 6.21. The molecular formula is C25H34N2O6. The van der Waals surface area contributed by atoms with Crippen molar-refractivity contribution in [3.05, 3.63) is 35.4 Å². The van der Waals surface area contributed by atoms with E-state index in [0.717, 1.165) is 19.3 Å². The fraction of sp³-hybridized carbons (Fsp3) is 0.600. The zero-order chi connectivity index (χ0) is 24.4. The number of benzene rings is 1. The number of hydrogen-bond donors (Lipinski definition) is 1. The van der Waals surface area contributed by atoms with Crippen LogP contribution in [0.5, 0.6) is 0 Å². The van der Waals surface area contributed by atoms with Crippen LogP contribution in [0.2, 0.25) is 0 Å². The van der Waals surface area contributed by atoms with Crippen LogP contribution >= 0.6 is 0 Å². The predicted octanol–water partition coefficient (Wildman–Crippen LogP) is 3.94. The van der Waals surface area contributed by atoms with Gasteiger partial charge in [-0.3, -0.25) is 19.3 Å². The summed E-state index contributed by atoms with van der Waals surface area (Å²) in [5, 5.41) is 2.77. The van der Waals surface area contributed by atoms with Crippen LogP contribution in [0.1, 0.15) is 80.5 Å². The van der Waals surface area contributed by atoms with Crippen LogP contribution in [0.4, 0.5) is 4.79 Å². The van der Waals surface area contributed by atoms with Crippen LogP contribution in [-0.2, 0) is 14.3 Å². The molecule has 33 heavy (non-hydrogen) atoms. The van der Waals surface area contributed by atoms with Crippen molar-refractivity contribution in [1.29, 1.82) is 0 Å². The quantitative estimate of drug-likeness (QED) is 0.468. The second kappa shape index (κ2) is 9.53. The molecule has 2 atom stereocenters. The molecular weight excluding hydrogens is 424 g/mol. The third-order valence-electron chi connectivity index (χ3n) is 6.66. The van der Waals surface area contributed by atoms with E-state index in [1.165, 1.54) is 12.0 Å². The Morgan fingerprint density at radius 2 is 1.70 bits per heavy atom. The number of nitrogens with zero attached hydrogens (tertiary/aromatic N) is 1. The van der Waals surface area contributed by atoms with E-state index in [1.807, 2.05) is 0 Å². The molecule has 1 heterocycles. The summed E-state index contributed by atoms with van der Waals surface area (Å²) >= 11 is 0. The molecule has 3 rings (SSSR count). The Balaban J connectivity index is 1.67. The monoisotopic (exact) mass is 458 g/mol. The van der Waals surface area contributed by atoms with E-state index in [4.69, 9.17) is 9.47 Å².